The summed E-state index contributed by atoms with van der Waals surface area (Å²) in [4.78, 5) is 11.1. The van der Waals surface area contributed by atoms with Gasteiger partial charge in [-0.1, -0.05) is 0 Å². The highest BCUT2D eigenvalue weighted by Crippen LogP contribution is 2.25. The third kappa shape index (κ3) is 1.70. The maximum atomic E-state index is 11.1. The van der Waals surface area contributed by atoms with Crippen LogP contribution >= 0.6 is 11.6 Å². The minimum atomic E-state index is -0.641. The summed E-state index contributed by atoms with van der Waals surface area (Å²) in [6.45, 7) is 1.69. The van der Waals surface area contributed by atoms with Crippen molar-refractivity contribution in [3.63, 3.8) is 0 Å². The molecule has 0 aliphatic rings. The van der Waals surface area contributed by atoms with Gasteiger partial charge in [0, 0.05) is 5.56 Å². The monoisotopic (exact) mass is 209 g/mol. The van der Waals surface area contributed by atoms with E-state index in [9.17, 15) is 4.79 Å². The molecule has 0 radical (unpaired) electrons. The van der Waals surface area contributed by atoms with E-state index in [0.717, 1.165) is 0 Å². The molecule has 0 unspecified atom stereocenters. The molecule has 0 heterocycles. The summed E-state index contributed by atoms with van der Waals surface area (Å²) < 4.78 is 5.02. The number of methoxy groups -OCH3 is 1. The van der Waals surface area contributed by atoms with Crippen LogP contribution in [0.3, 0.4) is 0 Å². The van der Waals surface area contributed by atoms with Gasteiger partial charge >= 0.3 is 0 Å². The maximum Gasteiger partial charge on any atom is 0.254 e. The van der Waals surface area contributed by atoms with Crippen molar-refractivity contribution in [2.24, 2.45) is 0 Å². The summed E-state index contributed by atoms with van der Waals surface area (Å²) in [6.07, 6.45) is 0. The Morgan fingerprint density at radius 3 is 2.64 bits per heavy atom. The van der Waals surface area contributed by atoms with Crippen LogP contribution in [0.4, 0.5) is 0 Å². The smallest absolute Gasteiger partial charge is 0.254 e. The largest absolute Gasteiger partial charge is 0.496 e. The predicted molar refractivity (Wildman–Crippen MR) is 52.6 cm³/mol. The van der Waals surface area contributed by atoms with Gasteiger partial charge in [0.2, 0.25) is 0 Å². The van der Waals surface area contributed by atoms with Crippen LogP contribution in [0.5, 0.6) is 5.75 Å². The van der Waals surface area contributed by atoms with E-state index in [1.54, 1.807) is 13.0 Å². The molecular weight excluding hydrogens is 202 g/mol. The Balaban J connectivity index is 3.49. The zero-order chi connectivity index (χ0) is 10.7. The van der Waals surface area contributed by atoms with Crippen LogP contribution in [-0.4, -0.2) is 12.4 Å². The fourth-order valence-electron chi connectivity index (χ4n) is 1.26. The molecule has 0 fully saturated rings. The van der Waals surface area contributed by atoms with Crippen molar-refractivity contribution < 1.29 is 9.53 Å². The Kier molecular flexibility index (Phi) is 3.10. The number of hydrogen-bond acceptors (Lipinski definition) is 3. The second kappa shape index (κ2) is 4.12. The zero-order valence-electron chi connectivity index (χ0n) is 7.80. The lowest BCUT2D eigenvalue weighted by atomic mass is 10.0. The van der Waals surface area contributed by atoms with E-state index in [-0.39, 0.29) is 11.1 Å². The quantitative estimate of drug-likeness (QED) is 0.702. The van der Waals surface area contributed by atoms with Crippen molar-refractivity contribution >= 4 is 16.8 Å². The number of carbonyl (C=O) groups excluding carboxylic acids is 1. The van der Waals surface area contributed by atoms with E-state index in [2.05, 4.69) is 0 Å². The second-order valence-electron chi connectivity index (χ2n) is 2.70. The first-order valence-electron chi connectivity index (χ1n) is 3.89. The molecule has 0 N–H and O–H groups in total. The molecule has 0 spiro atoms. The molecular formula is C10H8ClNO2. The summed E-state index contributed by atoms with van der Waals surface area (Å²) in [5.74, 6) is 0.549. The standard InChI is InChI=1S/C10H8ClNO2/c1-6-8(14-2)4-3-7(5-12)9(6)10(11)13/h3-4H,1-2H3. The number of rotatable bonds is 2. The normalized spacial score (nSPS) is 9.29. The van der Waals surface area contributed by atoms with Crippen LogP contribution in [0.1, 0.15) is 21.5 Å². The minimum Gasteiger partial charge on any atom is -0.496 e. The number of benzene rings is 1. The SMILES string of the molecule is COc1ccc(C#N)c(C(=O)Cl)c1C. The van der Waals surface area contributed by atoms with Gasteiger partial charge in [0.05, 0.1) is 24.3 Å². The lowest BCUT2D eigenvalue weighted by Crippen LogP contribution is -2.00. The Morgan fingerprint density at radius 1 is 1.57 bits per heavy atom. The lowest BCUT2D eigenvalue weighted by Gasteiger charge is -2.08. The number of hydrogen-bond donors (Lipinski definition) is 0. The first-order valence-corrected chi connectivity index (χ1v) is 4.27. The highest BCUT2D eigenvalue weighted by molar-refractivity contribution is 6.68. The van der Waals surface area contributed by atoms with Crippen molar-refractivity contribution in [2.45, 2.75) is 6.92 Å². The van der Waals surface area contributed by atoms with Crippen molar-refractivity contribution in [3.05, 3.63) is 28.8 Å². The van der Waals surface area contributed by atoms with Crippen molar-refractivity contribution in [1.29, 1.82) is 5.26 Å². The Bertz CT molecular complexity index is 421. The first-order chi connectivity index (χ1) is 6.61. The van der Waals surface area contributed by atoms with Gasteiger partial charge in [-0.3, -0.25) is 4.79 Å². The topological polar surface area (TPSA) is 50.1 Å². The number of carbonyl (C=O) groups is 1. The van der Waals surface area contributed by atoms with Crippen LogP contribution in [-0.2, 0) is 0 Å². The Morgan fingerprint density at radius 2 is 2.21 bits per heavy atom. The summed E-state index contributed by atoms with van der Waals surface area (Å²) in [5.41, 5.74) is 1.07. The third-order valence-electron chi connectivity index (χ3n) is 1.95. The molecule has 1 aromatic carbocycles. The summed E-state index contributed by atoms with van der Waals surface area (Å²) >= 11 is 5.38. The van der Waals surface area contributed by atoms with E-state index in [1.807, 2.05) is 6.07 Å². The molecule has 4 heteroatoms. The molecule has 1 rings (SSSR count). The molecule has 3 nitrogen and oxygen atoms in total. The fourth-order valence-corrected chi connectivity index (χ4v) is 1.50. The molecule has 0 aromatic heterocycles. The summed E-state index contributed by atoms with van der Waals surface area (Å²) in [6, 6.07) is 5.06. The van der Waals surface area contributed by atoms with E-state index in [0.29, 0.717) is 11.3 Å². The maximum absolute atomic E-state index is 11.1. The average molecular weight is 210 g/mol. The lowest BCUT2D eigenvalue weighted by molar-refractivity contribution is 0.108. The van der Waals surface area contributed by atoms with Crippen LogP contribution in [0.15, 0.2) is 12.1 Å². The minimum absolute atomic E-state index is 0.216. The van der Waals surface area contributed by atoms with Gasteiger partial charge < -0.3 is 4.74 Å². The molecule has 72 valence electrons. The predicted octanol–water partition coefficient (Wildman–Crippen LogP) is 2.25. The van der Waals surface area contributed by atoms with E-state index in [4.69, 9.17) is 21.6 Å². The molecule has 0 aliphatic heterocycles. The Hall–Kier alpha value is -1.53. The molecule has 0 amide bonds. The van der Waals surface area contributed by atoms with Crippen LogP contribution in [0.25, 0.3) is 0 Å². The Labute approximate surface area is 86.9 Å². The molecule has 0 bridgehead atoms. The van der Waals surface area contributed by atoms with E-state index >= 15 is 0 Å². The van der Waals surface area contributed by atoms with Gasteiger partial charge in [-0.25, -0.2) is 0 Å². The number of ether oxygens (including phenoxy) is 1. The summed E-state index contributed by atoms with van der Waals surface area (Å²) in [7, 11) is 1.50. The van der Waals surface area contributed by atoms with E-state index in [1.165, 1.54) is 13.2 Å². The van der Waals surface area contributed by atoms with Gasteiger partial charge in [-0.15, -0.1) is 0 Å². The molecule has 0 saturated heterocycles. The van der Waals surface area contributed by atoms with Crippen LogP contribution in [0.2, 0.25) is 0 Å². The number of nitriles is 1. The van der Waals surface area contributed by atoms with Gasteiger partial charge in [0.1, 0.15) is 5.75 Å². The van der Waals surface area contributed by atoms with Gasteiger partial charge in [0.15, 0.2) is 0 Å². The van der Waals surface area contributed by atoms with Gasteiger partial charge in [-0.05, 0) is 30.7 Å². The fraction of sp³-hybridized carbons (Fsp3) is 0.200. The second-order valence-corrected chi connectivity index (χ2v) is 3.04. The van der Waals surface area contributed by atoms with E-state index < -0.39 is 5.24 Å². The molecule has 0 saturated carbocycles. The zero-order valence-corrected chi connectivity index (χ0v) is 8.55. The third-order valence-corrected chi connectivity index (χ3v) is 2.14. The highest BCUT2D eigenvalue weighted by Gasteiger charge is 2.15. The van der Waals surface area contributed by atoms with Crippen molar-refractivity contribution in [3.8, 4) is 11.8 Å². The molecule has 0 aliphatic carbocycles. The number of halogens is 1. The van der Waals surface area contributed by atoms with Crippen molar-refractivity contribution in [2.75, 3.05) is 7.11 Å². The average Bonchev–Trinajstić information content (AvgIpc) is 2.16. The number of nitrogens with zero attached hydrogens (tertiary/aromatic N) is 1. The van der Waals surface area contributed by atoms with Crippen LogP contribution < -0.4 is 4.74 Å². The van der Waals surface area contributed by atoms with Crippen LogP contribution in [0, 0.1) is 18.3 Å². The van der Waals surface area contributed by atoms with Crippen molar-refractivity contribution in [1.82, 2.24) is 0 Å². The van der Waals surface area contributed by atoms with Gasteiger partial charge in [-0.2, -0.15) is 5.26 Å². The first kappa shape index (κ1) is 10.6. The van der Waals surface area contributed by atoms with Gasteiger partial charge in [0.25, 0.3) is 5.24 Å². The summed E-state index contributed by atoms with van der Waals surface area (Å²) in [5, 5.41) is 8.11. The highest BCUT2D eigenvalue weighted by atomic mass is 35.5. The molecule has 1 aromatic rings. The molecule has 0 atom stereocenters. The molecule has 14 heavy (non-hydrogen) atoms.